The highest BCUT2D eigenvalue weighted by molar-refractivity contribution is 6.09. The van der Waals surface area contributed by atoms with Crippen LogP contribution in [0.15, 0.2) is 212 Å². The van der Waals surface area contributed by atoms with Gasteiger partial charge in [0.1, 0.15) is 24.0 Å². The summed E-state index contributed by atoms with van der Waals surface area (Å²) in [6, 6.07) is 29.9. The molecule has 0 saturated heterocycles. The molecule has 1 aliphatic heterocycles. The monoisotopic (exact) mass is 828 g/mol. The van der Waals surface area contributed by atoms with Crippen LogP contribution >= 0.6 is 0 Å². The maximum absolute atomic E-state index is 9.10. The van der Waals surface area contributed by atoms with Crippen molar-refractivity contribution in [3.05, 3.63) is 218 Å². The molecule has 8 aromatic carbocycles. The number of hydrogen-bond acceptors (Lipinski definition) is 4. The second-order valence-electron chi connectivity index (χ2n) is 16.2. The zero-order chi connectivity index (χ0) is 54.7. The molecule has 11 rings (SSSR count). The maximum atomic E-state index is 9.10. The quantitative estimate of drug-likeness (QED) is 0.153. The summed E-state index contributed by atoms with van der Waals surface area (Å²) >= 11 is 0. The van der Waals surface area contributed by atoms with Crippen LogP contribution in [0.25, 0.3) is 61.0 Å². The van der Waals surface area contributed by atoms with Crippen molar-refractivity contribution < 1.29 is 23.9 Å². The minimum atomic E-state index is -0.577. The van der Waals surface area contributed by atoms with Gasteiger partial charge in [-0.15, -0.1) is 0 Å². The fourth-order valence-corrected chi connectivity index (χ4v) is 8.44. The van der Waals surface area contributed by atoms with Crippen molar-refractivity contribution in [1.29, 1.82) is 0 Å². The first-order valence-corrected chi connectivity index (χ1v) is 20.5. The number of pyridine rings is 1. The van der Waals surface area contributed by atoms with E-state index in [1.807, 2.05) is 82.6 Å². The zero-order valence-corrected chi connectivity index (χ0v) is 34.5. The van der Waals surface area contributed by atoms with E-state index in [0.29, 0.717) is 39.9 Å². The summed E-state index contributed by atoms with van der Waals surface area (Å²) in [5.74, 6) is 1.21. The molecule has 0 atom stereocenters. The number of hydrogen-bond donors (Lipinski definition) is 0. The Morgan fingerprint density at radius 2 is 1.19 bits per heavy atom. The summed E-state index contributed by atoms with van der Waals surface area (Å²) in [7, 11) is 0. The predicted molar refractivity (Wildman–Crippen MR) is 262 cm³/mol. The SMILES string of the molecule is [2H]c1cc(-c2cccc(-c3c([2H])c([2H])c([2H])c([2H])c3[2H])c2N2CN(c3ccc(-c4c([2H])c([2H])c([2H])c([2H])c4[2H])c(Oc4ccc5c6ccccc6n(-c6cc(C(C)(C)C)ccn6)c5c4)c3)c3ccccc32)c([2H])c([2H])c1[2H]. The van der Waals surface area contributed by atoms with Crippen molar-refractivity contribution >= 4 is 44.6 Å². The summed E-state index contributed by atoms with van der Waals surface area (Å²) in [4.78, 5) is 8.63. The largest absolute Gasteiger partial charge is 0.457 e. The normalized spacial score (nSPS) is 15.7. The van der Waals surface area contributed by atoms with Gasteiger partial charge >= 0.3 is 0 Å². The van der Waals surface area contributed by atoms with Gasteiger partial charge in [0.2, 0.25) is 0 Å². The van der Waals surface area contributed by atoms with Gasteiger partial charge in [-0.05, 0) is 82.3 Å². The van der Waals surface area contributed by atoms with Crippen LogP contribution < -0.4 is 14.5 Å². The first kappa shape index (κ1) is 25.8. The Hall–Kier alpha value is -7.89. The van der Waals surface area contributed by atoms with Crippen molar-refractivity contribution in [1.82, 2.24) is 9.55 Å². The van der Waals surface area contributed by atoms with Crippen LogP contribution in [0.5, 0.6) is 11.5 Å². The van der Waals surface area contributed by atoms with E-state index in [1.165, 1.54) is 6.07 Å². The Morgan fingerprint density at radius 3 is 1.95 bits per heavy atom. The number of aromatic nitrogens is 2. The van der Waals surface area contributed by atoms with Crippen molar-refractivity contribution in [3.8, 4) is 50.7 Å². The van der Waals surface area contributed by atoms with Crippen LogP contribution in [0, 0.1) is 0 Å². The van der Waals surface area contributed by atoms with Crippen LogP contribution in [-0.2, 0) is 5.41 Å². The van der Waals surface area contributed by atoms with Gasteiger partial charge in [0.05, 0.1) is 47.3 Å². The summed E-state index contributed by atoms with van der Waals surface area (Å²) in [6.07, 6.45) is 1.80. The average Bonchev–Trinajstić information content (AvgIpc) is 3.97. The van der Waals surface area contributed by atoms with Crippen LogP contribution in [0.3, 0.4) is 0 Å². The molecule has 304 valence electrons. The summed E-state index contributed by atoms with van der Waals surface area (Å²) in [6.45, 7) is 6.41. The minimum absolute atomic E-state index is 0.00646. The van der Waals surface area contributed by atoms with E-state index in [-0.39, 0.29) is 57.7 Å². The number of fused-ring (bicyclic) bond motifs is 4. The third kappa shape index (κ3) is 6.88. The molecule has 1 aliphatic rings. The number of rotatable bonds is 8. The van der Waals surface area contributed by atoms with Crippen molar-refractivity contribution in [2.45, 2.75) is 26.2 Å². The molecule has 5 heteroatoms. The lowest BCUT2D eigenvalue weighted by molar-refractivity contribution is 0.485. The molecule has 3 heterocycles. The van der Waals surface area contributed by atoms with Crippen LogP contribution in [0.4, 0.5) is 22.7 Å². The van der Waals surface area contributed by atoms with Crippen LogP contribution in [0.2, 0.25) is 0 Å². The van der Waals surface area contributed by atoms with E-state index >= 15 is 0 Å². The van der Waals surface area contributed by atoms with E-state index in [0.717, 1.165) is 27.4 Å². The summed E-state index contributed by atoms with van der Waals surface area (Å²) in [5.41, 5.74) is 5.30. The zero-order valence-electron chi connectivity index (χ0n) is 48.5. The molecule has 0 aliphatic carbocycles. The van der Waals surface area contributed by atoms with E-state index in [1.54, 1.807) is 42.6 Å². The highest BCUT2D eigenvalue weighted by atomic mass is 16.5. The molecule has 0 fully saturated rings. The summed E-state index contributed by atoms with van der Waals surface area (Å²) in [5, 5.41) is 1.92. The van der Waals surface area contributed by atoms with Crippen LogP contribution in [0.1, 0.15) is 45.5 Å². The molecular formula is C58H46N4O. The molecule has 2 aromatic heterocycles. The molecule has 0 spiro atoms. The van der Waals surface area contributed by atoms with Crippen LogP contribution in [-0.4, -0.2) is 16.2 Å². The van der Waals surface area contributed by atoms with Gasteiger partial charge in [0.15, 0.2) is 0 Å². The lowest BCUT2D eigenvalue weighted by atomic mass is 9.88. The molecule has 0 N–H and O–H groups in total. The molecule has 10 aromatic rings. The highest BCUT2D eigenvalue weighted by Gasteiger charge is 2.32. The Kier molecular flexibility index (Phi) is 6.36. The summed E-state index contributed by atoms with van der Waals surface area (Å²) < 4.78 is 131. The Bertz CT molecular complexity index is 4080. The minimum Gasteiger partial charge on any atom is -0.457 e. The standard InChI is InChI=1S/C58H46N4O/c1-58(2,3)43-34-35-59-56(36-43)62-51-27-14-13-24-49(51)50-33-31-45(38-54(50)62)63-55-37-44(30-32-46(55)40-18-7-4-8-19-40)60-39-61(53-29-16-15-28-52(53)60)57-47(41-20-9-5-10-21-41)25-17-26-48(57)42-22-11-6-12-23-42/h4-38H,39H2,1-3H3/i4D,5D,6D,7D,8D,9D,10D,11D,12D,18D,19D,20D,21D,22D. The molecule has 0 amide bonds. The Balaban J connectivity index is 1.12. The van der Waals surface area contributed by atoms with Gasteiger partial charge in [-0.3, -0.25) is 4.57 Å². The van der Waals surface area contributed by atoms with Crippen molar-refractivity contribution in [3.63, 3.8) is 0 Å². The molecule has 63 heavy (non-hydrogen) atoms. The average molecular weight is 829 g/mol. The fourth-order valence-electron chi connectivity index (χ4n) is 8.44. The molecule has 0 bridgehead atoms. The number of benzene rings is 8. The third-order valence-corrected chi connectivity index (χ3v) is 11.4. The first-order chi connectivity index (χ1) is 36.7. The first-order valence-electron chi connectivity index (χ1n) is 27.5. The number of para-hydroxylation sites is 4. The molecule has 5 nitrogen and oxygen atoms in total. The topological polar surface area (TPSA) is 33.5 Å². The molecule has 0 saturated carbocycles. The van der Waals surface area contributed by atoms with E-state index < -0.39 is 72.5 Å². The van der Waals surface area contributed by atoms with Gasteiger partial charge in [0.25, 0.3) is 0 Å². The fraction of sp³-hybridized carbons (Fsp3) is 0.0862. The van der Waals surface area contributed by atoms with Gasteiger partial charge in [-0.1, -0.05) is 160 Å². The number of ether oxygens (including phenoxy) is 1. The highest BCUT2D eigenvalue weighted by Crippen LogP contribution is 2.51. The van der Waals surface area contributed by atoms with E-state index in [2.05, 4.69) is 31.4 Å². The number of nitrogens with zero attached hydrogens (tertiary/aromatic N) is 4. The second-order valence-corrected chi connectivity index (χ2v) is 16.2. The van der Waals surface area contributed by atoms with E-state index in [4.69, 9.17) is 28.9 Å². The van der Waals surface area contributed by atoms with Gasteiger partial charge in [0, 0.05) is 51.5 Å². The lowest BCUT2D eigenvalue weighted by Gasteiger charge is -2.27. The Labute approximate surface area is 388 Å². The maximum Gasteiger partial charge on any atom is 0.137 e. The molecule has 0 radical (unpaired) electrons. The van der Waals surface area contributed by atoms with Gasteiger partial charge in [-0.2, -0.15) is 0 Å². The second kappa shape index (κ2) is 15.5. The number of anilines is 4. The smallest absolute Gasteiger partial charge is 0.137 e. The van der Waals surface area contributed by atoms with E-state index in [9.17, 15) is 0 Å². The van der Waals surface area contributed by atoms with Crippen molar-refractivity contribution in [2.75, 3.05) is 16.5 Å². The lowest BCUT2D eigenvalue weighted by Crippen LogP contribution is -2.25. The van der Waals surface area contributed by atoms with Gasteiger partial charge < -0.3 is 14.5 Å². The molecular weight excluding hydrogens is 769 g/mol. The molecule has 0 unspecified atom stereocenters. The van der Waals surface area contributed by atoms with Gasteiger partial charge in [-0.25, -0.2) is 4.98 Å². The predicted octanol–water partition coefficient (Wildman–Crippen LogP) is 15.5. The third-order valence-electron chi connectivity index (χ3n) is 11.4. The van der Waals surface area contributed by atoms with Crippen molar-refractivity contribution in [2.24, 2.45) is 0 Å². The Morgan fingerprint density at radius 1 is 0.540 bits per heavy atom.